The van der Waals surface area contributed by atoms with Crippen molar-refractivity contribution < 1.29 is 14.7 Å². The van der Waals surface area contributed by atoms with Crippen molar-refractivity contribution >= 4 is 28.3 Å². The Bertz CT molecular complexity index is 1290. The van der Waals surface area contributed by atoms with Gasteiger partial charge in [-0.3, -0.25) is 9.59 Å². The highest BCUT2D eigenvalue weighted by Gasteiger charge is 2.15. The molecule has 1 aromatic heterocycles. The monoisotopic (exact) mass is 514 g/mol. The highest BCUT2D eigenvalue weighted by Crippen LogP contribution is 2.30. The Morgan fingerprint density at radius 1 is 1.11 bits per heavy atom. The van der Waals surface area contributed by atoms with Crippen molar-refractivity contribution in [2.45, 2.75) is 45.1 Å². The van der Waals surface area contributed by atoms with Crippen molar-refractivity contribution in [3.8, 4) is 17.3 Å². The van der Waals surface area contributed by atoms with Gasteiger partial charge in [0.15, 0.2) is 5.13 Å². The Labute approximate surface area is 221 Å². The van der Waals surface area contributed by atoms with Crippen LogP contribution in [-0.2, 0) is 11.3 Å². The summed E-state index contributed by atoms with van der Waals surface area (Å²) in [6.45, 7) is 1.61. The van der Waals surface area contributed by atoms with Gasteiger partial charge in [0, 0.05) is 36.1 Å². The molecule has 190 valence electrons. The number of carbonyl (C=O) groups excluding carboxylic acids is 1. The Balaban J connectivity index is 1.48. The van der Waals surface area contributed by atoms with Gasteiger partial charge in [0.05, 0.1) is 23.7 Å². The van der Waals surface area contributed by atoms with Crippen LogP contribution >= 0.6 is 11.3 Å². The molecule has 1 amide bonds. The number of benzene rings is 2. The van der Waals surface area contributed by atoms with E-state index in [0.29, 0.717) is 17.7 Å². The first kappa shape index (κ1) is 26.1. The van der Waals surface area contributed by atoms with Crippen LogP contribution in [0, 0.1) is 11.3 Å². The van der Waals surface area contributed by atoms with Gasteiger partial charge in [-0.05, 0) is 61.9 Å². The second-order valence-corrected chi connectivity index (χ2v) is 9.92. The number of carbonyl (C=O) groups is 2. The van der Waals surface area contributed by atoms with Gasteiger partial charge in [-0.15, -0.1) is 11.3 Å². The molecule has 8 heteroatoms. The highest BCUT2D eigenvalue weighted by atomic mass is 32.1. The zero-order chi connectivity index (χ0) is 26.0. The van der Waals surface area contributed by atoms with Gasteiger partial charge < -0.3 is 15.3 Å². The number of nitrogens with one attached hydrogen (secondary N) is 1. The van der Waals surface area contributed by atoms with Crippen molar-refractivity contribution in [1.82, 2.24) is 10.3 Å². The van der Waals surface area contributed by atoms with Gasteiger partial charge in [0.25, 0.3) is 5.91 Å². The summed E-state index contributed by atoms with van der Waals surface area (Å²) in [6.07, 6.45) is 8.11. The topological polar surface area (TPSA) is 106 Å². The van der Waals surface area contributed by atoms with Gasteiger partial charge in [-0.25, -0.2) is 4.98 Å². The van der Waals surface area contributed by atoms with Crippen molar-refractivity contribution in [2.24, 2.45) is 0 Å². The molecular weight excluding hydrogens is 484 g/mol. The third-order valence-electron chi connectivity index (χ3n) is 6.37. The molecule has 2 aromatic carbocycles. The third-order valence-corrected chi connectivity index (χ3v) is 7.28. The minimum Gasteiger partial charge on any atom is -0.481 e. The number of thiazole rings is 1. The van der Waals surface area contributed by atoms with E-state index in [1.165, 1.54) is 18.4 Å². The van der Waals surface area contributed by atoms with Crippen LogP contribution in [0.1, 0.15) is 60.0 Å². The molecule has 3 aromatic rings. The fourth-order valence-electron chi connectivity index (χ4n) is 4.28. The molecule has 0 fully saturated rings. The number of nitriles is 1. The van der Waals surface area contributed by atoms with Crippen LogP contribution in [0.2, 0.25) is 0 Å². The standard InChI is InChI=1S/C29H30N4O3S/c30-18-22-6-10-24(11-7-22)26-20-37-29(32-26)33(17-15-21-4-2-1-3-5-21)19-23-8-12-25(13-9-23)28(36)31-16-14-27(34)35/h4,6-13,20H,1-3,5,14-17,19H2,(H,31,36)(H,34,35). The first-order valence-corrected chi connectivity index (χ1v) is 13.4. The summed E-state index contributed by atoms with van der Waals surface area (Å²) in [5, 5.41) is 23.4. The quantitative estimate of drug-likeness (QED) is 0.314. The average molecular weight is 515 g/mol. The van der Waals surface area contributed by atoms with Crippen molar-refractivity contribution in [2.75, 3.05) is 18.0 Å². The Morgan fingerprint density at radius 2 is 1.89 bits per heavy atom. The number of amides is 1. The fourth-order valence-corrected chi connectivity index (χ4v) is 5.14. The lowest BCUT2D eigenvalue weighted by atomic mass is 9.97. The molecular formula is C29H30N4O3S. The molecule has 37 heavy (non-hydrogen) atoms. The maximum atomic E-state index is 12.3. The molecule has 0 saturated heterocycles. The minimum absolute atomic E-state index is 0.102. The first-order valence-electron chi connectivity index (χ1n) is 12.5. The van der Waals surface area contributed by atoms with E-state index in [-0.39, 0.29) is 18.9 Å². The number of nitrogens with zero attached hydrogens (tertiary/aromatic N) is 3. The van der Waals surface area contributed by atoms with Gasteiger partial charge in [-0.2, -0.15) is 5.26 Å². The SMILES string of the molecule is N#Cc1ccc(-c2csc(N(CCC3=CCCCC3)Cc3ccc(C(=O)NCCC(=O)O)cc3)n2)cc1. The van der Waals surface area contributed by atoms with E-state index in [1.807, 2.05) is 29.6 Å². The van der Waals surface area contributed by atoms with E-state index >= 15 is 0 Å². The van der Waals surface area contributed by atoms with Crippen molar-refractivity contribution in [3.63, 3.8) is 0 Å². The number of rotatable bonds is 11. The smallest absolute Gasteiger partial charge is 0.305 e. The summed E-state index contributed by atoms with van der Waals surface area (Å²) in [6, 6.07) is 17.0. The number of aliphatic carboxylic acids is 1. The first-order chi connectivity index (χ1) is 18.0. The highest BCUT2D eigenvalue weighted by molar-refractivity contribution is 7.14. The van der Waals surface area contributed by atoms with E-state index < -0.39 is 5.97 Å². The Hall–Kier alpha value is -3.96. The predicted octanol–water partition coefficient (Wildman–Crippen LogP) is 5.78. The Morgan fingerprint density at radius 3 is 2.57 bits per heavy atom. The van der Waals surface area contributed by atoms with Crippen LogP contribution in [0.3, 0.4) is 0 Å². The second kappa shape index (κ2) is 12.8. The average Bonchev–Trinajstić information content (AvgIpc) is 3.42. The molecule has 2 N–H and O–H groups in total. The lowest BCUT2D eigenvalue weighted by Crippen LogP contribution is -2.26. The number of anilines is 1. The lowest BCUT2D eigenvalue weighted by molar-refractivity contribution is -0.136. The number of carboxylic acid groups (broad SMARTS) is 1. The maximum Gasteiger partial charge on any atom is 0.305 e. The molecule has 0 aliphatic heterocycles. The van der Waals surface area contributed by atoms with Gasteiger partial charge in [0.1, 0.15) is 0 Å². The second-order valence-electron chi connectivity index (χ2n) is 9.08. The van der Waals surface area contributed by atoms with E-state index in [4.69, 9.17) is 15.4 Å². The predicted molar refractivity (Wildman–Crippen MR) is 146 cm³/mol. The van der Waals surface area contributed by atoms with E-state index in [2.05, 4.69) is 22.4 Å². The number of allylic oxidation sites excluding steroid dienone is 1. The maximum absolute atomic E-state index is 12.3. The van der Waals surface area contributed by atoms with Crippen LogP contribution < -0.4 is 10.2 Å². The molecule has 0 saturated carbocycles. The summed E-state index contributed by atoms with van der Waals surface area (Å²) in [5.74, 6) is -1.22. The van der Waals surface area contributed by atoms with Crippen LogP contribution in [-0.4, -0.2) is 35.1 Å². The van der Waals surface area contributed by atoms with Crippen LogP contribution in [0.4, 0.5) is 5.13 Å². The van der Waals surface area contributed by atoms with E-state index in [9.17, 15) is 9.59 Å². The molecule has 0 unspecified atom stereocenters. The summed E-state index contributed by atoms with van der Waals surface area (Å²) < 4.78 is 0. The number of carboxylic acids is 1. The summed E-state index contributed by atoms with van der Waals surface area (Å²) in [5.41, 5.74) is 5.57. The minimum atomic E-state index is -0.941. The summed E-state index contributed by atoms with van der Waals surface area (Å²) in [7, 11) is 0. The molecule has 1 aliphatic rings. The number of aromatic nitrogens is 1. The van der Waals surface area contributed by atoms with Crippen molar-refractivity contribution in [3.05, 3.63) is 82.3 Å². The van der Waals surface area contributed by atoms with E-state index in [0.717, 1.165) is 47.8 Å². The van der Waals surface area contributed by atoms with Gasteiger partial charge in [0.2, 0.25) is 0 Å². The van der Waals surface area contributed by atoms with Gasteiger partial charge in [-0.1, -0.05) is 35.9 Å². The molecule has 1 aliphatic carbocycles. The molecule has 0 radical (unpaired) electrons. The third kappa shape index (κ3) is 7.51. The molecule has 0 spiro atoms. The normalized spacial score (nSPS) is 12.9. The fraction of sp³-hybridized carbons (Fsp3) is 0.310. The van der Waals surface area contributed by atoms with Crippen molar-refractivity contribution in [1.29, 1.82) is 5.26 Å². The van der Waals surface area contributed by atoms with E-state index in [1.54, 1.807) is 35.6 Å². The zero-order valence-electron chi connectivity index (χ0n) is 20.7. The number of hydrogen-bond donors (Lipinski definition) is 2. The van der Waals surface area contributed by atoms with Crippen LogP contribution in [0.15, 0.2) is 65.6 Å². The van der Waals surface area contributed by atoms with Crippen LogP contribution in [0.25, 0.3) is 11.3 Å². The molecule has 0 atom stereocenters. The molecule has 0 bridgehead atoms. The van der Waals surface area contributed by atoms with Crippen LogP contribution in [0.5, 0.6) is 0 Å². The molecule has 4 rings (SSSR count). The zero-order valence-corrected chi connectivity index (χ0v) is 21.5. The summed E-state index contributed by atoms with van der Waals surface area (Å²) >= 11 is 1.61. The largest absolute Gasteiger partial charge is 0.481 e. The number of hydrogen-bond acceptors (Lipinski definition) is 6. The summed E-state index contributed by atoms with van der Waals surface area (Å²) in [4.78, 5) is 30.2. The van der Waals surface area contributed by atoms with Gasteiger partial charge >= 0.3 is 5.97 Å². The molecule has 1 heterocycles. The molecule has 7 nitrogen and oxygen atoms in total. The lowest BCUT2D eigenvalue weighted by Gasteiger charge is -2.24. The Kier molecular flexibility index (Phi) is 9.06.